The molecule has 2 atom stereocenters. The number of aromatic nitrogens is 1. The standard InChI is InChI=1S/C10H18O.C9H16.C8H11NO.C2H6O/c1-9-5-3-4-6-10(2)8-11-7-9;1-4-6-8-9(3)7-5-2;1-6-4-5-8(10-3)9-7(6)2;1-2-3/h10H,1,3-8H2,2H3;1,9H,5-8H2,2-3H3;4-5H,1-3H3;3H,2H2,1H3. The van der Waals surface area contributed by atoms with Crippen molar-refractivity contribution in [3.63, 3.8) is 0 Å². The SMILES string of the molecule is C#CCCC(C)CCC.C=C1CCCCC(C)COC1.CCO.COc1ccc(C)c(C)n1. The van der Waals surface area contributed by atoms with Gasteiger partial charge < -0.3 is 14.6 Å². The van der Waals surface area contributed by atoms with Crippen molar-refractivity contribution in [3.8, 4) is 18.2 Å². The number of aryl methyl sites for hydroxylation is 2. The van der Waals surface area contributed by atoms with Gasteiger partial charge in [-0.2, -0.15) is 0 Å². The molecule has 0 spiro atoms. The molecule has 0 amide bonds. The third-order valence-electron chi connectivity index (χ3n) is 5.28. The van der Waals surface area contributed by atoms with Crippen LogP contribution >= 0.6 is 0 Å². The van der Waals surface area contributed by atoms with Crippen LogP contribution in [-0.2, 0) is 4.74 Å². The number of hydrogen-bond donors (Lipinski definition) is 1. The predicted molar refractivity (Wildman–Crippen MR) is 143 cm³/mol. The molecule has 0 aliphatic carbocycles. The van der Waals surface area contributed by atoms with Crippen LogP contribution in [0.25, 0.3) is 0 Å². The quantitative estimate of drug-likeness (QED) is 0.369. The second kappa shape index (κ2) is 23.3. The molecular weight excluding hydrogens is 410 g/mol. The van der Waals surface area contributed by atoms with Crippen molar-refractivity contribution < 1.29 is 14.6 Å². The maximum atomic E-state index is 7.57. The molecule has 0 saturated carbocycles. The maximum Gasteiger partial charge on any atom is 0.213 e. The largest absolute Gasteiger partial charge is 0.481 e. The number of hydrogen-bond acceptors (Lipinski definition) is 4. The van der Waals surface area contributed by atoms with Gasteiger partial charge in [0.1, 0.15) is 0 Å². The number of aliphatic hydroxyl groups excluding tert-OH is 1. The lowest BCUT2D eigenvalue weighted by atomic mass is 10.0. The van der Waals surface area contributed by atoms with Crippen LogP contribution < -0.4 is 4.74 Å². The van der Waals surface area contributed by atoms with Gasteiger partial charge in [0.15, 0.2) is 0 Å². The minimum atomic E-state index is 0.250. The van der Waals surface area contributed by atoms with E-state index in [1.807, 2.05) is 26.0 Å². The highest BCUT2D eigenvalue weighted by Gasteiger charge is 2.06. The Balaban J connectivity index is 0. The summed E-state index contributed by atoms with van der Waals surface area (Å²) in [5.41, 5.74) is 3.49. The molecule has 0 bridgehead atoms. The van der Waals surface area contributed by atoms with Gasteiger partial charge in [0.05, 0.1) is 13.7 Å². The number of ether oxygens (including phenoxy) is 2. The van der Waals surface area contributed by atoms with E-state index in [9.17, 15) is 0 Å². The molecule has 0 aromatic carbocycles. The molecule has 190 valence electrons. The van der Waals surface area contributed by atoms with Crippen molar-refractivity contribution in [2.45, 2.75) is 92.9 Å². The molecule has 1 fully saturated rings. The second-order valence-electron chi connectivity index (χ2n) is 8.82. The van der Waals surface area contributed by atoms with Crippen molar-refractivity contribution in [1.82, 2.24) is 4.98 Å². The molecule has 1 aromatic rings. The fourth-order valence-electron chi connectivity index (χ4n) is 3.12. The highest BCUT2D eigenvalue weighted by molar-refractivity contribution is 5.23. The summed E-state index contributed by atoms with van der Waals surface area (Å²) in [7, 11) is 1.62. The summed E-state index contributed by atoms with van der Waals surface area (Å²) in [5, 5.41) is 7.57. The van der Waals surface area contributed by atoms with E-state index in [4.69, 9.17) is 21.0 Å². The normalized spacial score (nSPS) is 16.5. The smallest absolute Gasteiger partial charge is 0.213 e. The zero-order valence-electron chi connectivity index (χ0n) is 22.6. The Bertz CT molecular complexity index is 636. The van der Waals surface area contributed by atoms with E-state index in [0.29, 0.717) is 5.88 Å². The maximum absolute atomic E-state index is 7.57. The first-order valence-corrected chi connectivity index (χ1v) is 12.5. The van der Waals surface area contributed by atoms with Crippen LogP contribution in [0.5, 0.6) is 5.88 Å². The van der Waals surface area contributed by atoms with E-state index >= 15 is 0 Å². The molecule has 33 heavy (non-hydrogen) atoms. The first-order valence-electron chi connectivity index (χ1n) is 12.5. The van der Waals surface area contributed by atoms with E-state index in [1.54, 1.807) is 14.0 Å². The molecular formula is C29H51NO3. The topological polar surface area (TPSA) is 51.6 Å². The fraction of sp³-hybridized carbons (Fsp3) is 0.690. The zero-order valence-corrected chi connectivity index (χ0v) is 22.6. The molecule has 2 rings (SSSR count). The third-order valence-corrected chi connectivity index (χ3v) is 5.28. The second-order valence-corrected chi connectivity index (χ2v) is 8.82. The Hall–Kier alpha value is -1.83. The minimum absolute atomic E-state index is 0.250. The van der Waals surface area contributed by atoms with Gasteiger partial charge in [-0.25, -0.2) is 4.98 Å². The predicted octanol–water partition coefficient (Wildman–Crippen LogP) is 7.31. The lowest BCUT2D eigenvalue weighted by Crippen LogP contribution is -2.05. The fourth-order valence-corrected chi connectivity index (χ4v) is 3.12. The minimum Gasteiger partial charge on any atom is -0.481 e. The average molecular weight is 462 g/mol. The summed E-state index contributed by atoms with van der Waals surface area (Å²) < 4.78 is 10.4. The Kier molecular flexibility index (Phi) is 23.6. The van der Waals surface area contributed by atoms with Crippen LogP contribution in [0.15, 0.2) is 24.3 Å². The molecule has 1 aliphatic rings. The van der Waals surface area contributed by atoms with E-state index < -0.39 is 0 Å². The molecule has 1 aliphatic heterocycles. The Morgan fingerprint density at radius 3 is 2.48 bits per heavy atom. The third kappa shape index (κ3) is 21.8. The summed E-state index contributed by atoms with van der Waals surface area (Å²) in [4.78, 5) is 4.17. The van der Waals surface area contributed by atoms with E-state index in [0.717, 1.165) is 43.6 Å². The first-order chi connectivity index (χ1) is 15.7. The molecule has 2 unspecified atom stereocenters. The van der Waals surface area contributed by atoms with Gasteiger partial charge in [-0.1, -0.05) is 58.3 Å². The van der Waals surface area contributed by atoms with Gasteiger partial charge in [0.2, 0.25) is 5.88 Å². The van der Waals surface area contributed by atoms with Gasteiger partial charge in [0, 0.05) is 31.4 Å². The number of rotatable bonds is 5. The molecule has 1 aromatic heterocycles. The zero-order chi connectivity index (χ0) is 25.5. The van der Waals surface area contributed by atoms with Gasteiger partial charge >= 0.3 is 0 Å². The molecule has 4 nitrogen and oxygen atoms in total. The number of terminal acetylenes is 1. The highest BCUT2D eigenvalue weighted by atomic mass is 16.5. The van der Waals surface area contributed by atoms with Crippen LogP contribution in [0.1, 0.15) is 90.3 Å². The van der Waals surface area contributed by atoms with E-state index in [-0.39, 0.29) is 6.61 Å². The Labute approximate surface area is 205 Å². The molecule has 1 N–H and O–H groups in total. The van der Waals surface area contributed by atoms with E-state index in [1.165, 1.54) is 49.7 Å². The van der Waals surface area contributed by atoms with Crippen molar-refractivity contribution in [2.24, 2.45) is 11.8 Å². The van der Waals surface area contributed by atoms with Gasteiger partial charge in [-0.15, -0.1) is 12.3 Å². The monoisotopic (exact) mass is 461 g/mol. The Morgan fingerprint density at radius 1 is 1.27 bits per heavy atom. The lowest BCUT2D eigenvalue weighted by molar-refractivity contribution is 0.122. The van der Waals surface area contributed by atoms with Crippen LogP contribution in [0.4, 0.5) is 0 Å². The summed E-state index contributed by atoms with van der Waals surface area (Å²) >= 11 is 0. The molecule has 1 saturated heterocycles. The van der Waals surface area contributed by atoms with Crippen molar-refractivity contribution in [1.29, 1.82) is 0 Å². The van der Waals surface area contributed by atoms with Crippen LogP contribution in [0, 0.1) is 38.0 Å². The molecule has 2 heterocycles. The Morgan fingerprint density at radius 2 is 1.94 bits per heavy atom. The average Bonchev–Trinajstić information content (AvgIpc) is 2.87. The van der Waals surface area contributed by atoms with Crippen molar-refractivity contribution in [3.05, 3.63) is 35.5 Å². The number of nitrogens with zero attached hydrogens (tertiary/aromatic N) is 1. The summed E-state index contributed by atoms with van der Waals surface area (Å²) in [6, 6.07) is 3.86. The number of methoxy groups -OCH3 is 1. The number of pyridine rings is 1. The molecule has 4 heteroatoms. The van der Waals surface area contributed by atoms with E-state index in [2.05, 4.69) is 38.3 Å². The number of aliphatic hydroxyl groups is 1. The van der Waals surface area contributed by atoms with Gasteiger partial charge in [0.25, 0.3) is 0 Å². The van der Waals surface area contributed by atoms with Crippen LogP contribution in [0.2, 0.25) is 0 Å². The summed E-state index contributed by atoms with van der Waals surface area (Å²) in [6.45, 7) is 18.3. The van der Waals surface area contributed by atoms with Crippen LogP contribution in [-0.4, -0.2) is 37.0 Å². The van der Waals surface area contributed by atoms with Crippen molar-refractivity contribution >= 4 is 0 Å². The van der Waals surface area contributed by atoms with Crippen LogP contribution in [0.3, 0.4) is 0 Å². The first kappa shape index (κ1) is 33.3. The highest BCUT2D eigenvalue weighted by Crippen LogP contribution is 2.16. The summed E-state index contributed by atoms with van der Waals surface area (Å²) in [6.07, 6.45) is 15.0. The van der Waals surface area contributed by atoms with Gasteiger partial charge in [-0.05, 0) is 63.9 Å². The summed E-state index contributed by atoms with van der Waals surface area (Å²) in [5.74, 6) is 4.90. The van der Waals surface area contributed by atoms with Gasteiger partial charge in [-0.3, -0.25) is 0 Å². The lowest BCUT2D eigenvalue weighted by Gasteiger charge is -2.08. The van der Waals surface area contributed by atoms with Crippen molar-refractivity contribution in [2.75, 3.05) is 26.9 Å². The molecule has 0 radical (unpaired) electrons.